The fraction of sp³-hybridized carbons (Fsp3) is 0.154. The Balaban J connectivity index is 2.20. The summed E-state index contributed by atoms with van der Waals surface area (Å²) in [4.78, 5) is 55.2. The molecule has 2 aliphatic rings. The third-order valence-corrected chi connectivity index (χ3v) is 4.38. The van der Waals surface area contributed by atoms with Crippen LogP contribution in [0.5, 0.6) is 0 Å². The van der Waals surface area contributed by atoms with E-state index >= 15 is 0 Å². The van der Waals surface area contributed by atoms with E-state index < -0.39 is 71.1 Å². The number of non-ortho nitro benzene ring substituents is 1. The Morgan fingerprint density at radius 3 is 1.90 bits per heavy atom. The summed E-state index contributed by atoms with van der Waals surface area (Å²) in [6.45, 7) is 0. The van der Waals surface area contributed by atoms with Crippen molar-refractivity contribution in [2.24, 2.45) is 4.99 Å². The predicted octanol–water partition coefficient (Wildman–Crippen LogP) is 0.791. The van der Waals surface area contributed by atoms with Gasteiger partial charge in [0.05, 0.1) is 42.8 Å². The van der Waals surface area contributed by atoms with Crippen LogP contribution >= 0.6 is 0 Å². The van der Waals surface area contributed by atoms with Gasteiger partial charge in [-0.15, -0.1) is 0 Å². The molecule has 0 bridgehead atoms. The molecule has 1 unspecified atom stereocenters. The molecule has 0 amide bonds. The van der Waals surface area contributed by atoms with Crippen LogP contribution in [-0.2, 0) is 6.42 Å². The molecule has 0 spiro atoms. The van der Waals surface area contributed by atoms with Crippen LogP contribution in [0.2, 0.25) is 0 Å². The second-order valence-electron chi connectivity index (χ2n) is 6.00. The molecule has 0 aromatic heterocycles. The van der Waals surface area contributed by atoms with Crippen molar-refractivity contribution in [1.82, 2.24) is 10.4 Å². The molecule has 1 aromatic rings. The Kier molecular flexibility index (Phi) is 4.95. The molecule has 1 N–H and O–H groups in total. The average Bonchev–Trinajstić information content (AvgIpc) is 3.16. The van der Waals surface area contributed by atoms with Gasteiger partial charge in [-0.3, -0.25) is 56.0 Å². The molecule has 0 fully saturated rings. The summed E-state index contributed by atoms with van der Waals surface area (Å²) in [5.41, 5.74) is -2.70. The lowest BCUT2D eigenvalue weighted by Crippen LogP contribution is -2.47. The quantitative estimate of drug-likeness (QED) is 0.460. The number of nitro groups is 5. The van der Waals surface area contributed by atoms with Gasteiger partial charge in [-0.2, -0.15) is 0 Å². The van der Waals surface area contributed by atoms with Crippen molar-refractivity contribution in [1.29, 1.82) is 0 Å². The number of hydrazine groups is 1. The SMILES string of the molecule is O=[N+]([O-])C1=CC([N+](=O)[O-])=C2N=CNN2C1Cc1c([N+](=O)[O-])cc([N+](=O)[O-])cc1[N+](=O)[O-]. The van der Waals surface area contributed by atoms with Gasteiger partial charge < -0.3 is 0 Å². The Morgan fingerprint density at radius 1 is 0.871 bits per heavy atom. The van der Waals surface area contributed by atoms with Gasteiger partial charge >= 0.3 is 5.70 Å². The molecule has 2 heterocycles. The van der Waals surface area contributed by atoms with Crippen molar-refractivity contribution in [3.63, 3.8) is 0 Å². The predicted molar refractivity (Wildman–Crippen MR) is 96.5 cm³/mol. The zero-order chi connectivity index (χ0) is 23.0. The number of hydrogen-bond donors (Lipinski definition) is 1. The fourth-order valence-corrected chi connectivity index (χ4v) is 3.10. The number of allylic oxidation sites excluding steroid dienone is 1. The Labute approximate surface area is 168 Å². The maximum Gasteiger partial charge on any atom is 0.319 e. The zero-order valence-corrected chi connectivity index (χ0v) is 14.8. The van der Waals surface area contributed by atoms with Gasteiger partial charge in [0, 0.05) is 6.42 Å². The first-order valence-electron chi connectivity index (χ1n) is 7.95. The van der Waals surface area contributed by atoms with Crippen LogP contribution in [-0.4, -0.2) is 42.0 Å². The van der Waals surface area contributed by atoms with Crippen molar-refractivity contribution in [3.05, 3.63) is 91.6 Å². The van der Waals surface area contributed by atoms with Gasteiger partial charge in [0.1, 0.15) is 17.9 Å². The number of nitro benzene ring substituents is 3. The van der Waals surface area contributed by atoms with E-state index in [1.807, 2.05) is 0 Å². The number of hydrogen-bond acceptors (Lipinski definition) is 13. The number of fused-ring (bicyclic) bond motifs is 1. The van der Waals surface area contributed by atoms with Crippen LogP contribution in [0.1, 0.15) is 5.56 Å². The highest BCUT2D eigenvalue weighted by Gasteiger charge is 2.45. The molecule has 3 rings (SSSR count). The van der Waals surface area contributed by atoms with Crippen molar-refractivity contribution >= 4 is 23.4 Å². The Bertz CT molecular complexity index is 1120. The van der Waals surface area contributed by atoms with Gasteiger partial charge in [0.2, 0.25) is 5.82 Å². The van der Waals surface area contributed by atoms with E-state index in [1.54, 1.807) is 0 Å². The standard InChI is InChI=1S/C13H8N8O10/c22-17(23)6-1-8(18(24)25)7(9(2-6)19(26)27)3-10-11(20(28)29)4-12(21(30)31)13-14-5-15-16(10)13/h1-2,4-5,10H,3H2,(H,14,15). The molecule has 1 aromatic carbocycles. The van der Waals surface area contributed by atoms with E-state index in [1.165, 1.54) is 0 Å². The second kappa shape index (κ2) is 7.42. The maximum atomic E-state index is 11.5. The van der Waals surface area contributed by atoms with E-state index in [0.29, 0.717) is 18.2 Å². The first kappa shape index (κ1) is 20.7. The van der Waals surface area contributed by atoms with Crippen molar-refractivity contribution < 1.29 is 24.6 Å². The Hall–Kier alpha value is -5.03. The molecule has 0 aliphatic carbocycles. The number of rotatable bonds is 7. The van der Waals surface area contributed by atoms with Crippen LogP contribution in [0, 0.1) is 50.6 Å². The smallest absolute Gasteiger partial charge is 0.285 e. The lowest BCUT2D eigenvalue weighted by atomic mass is 9.96. The van der Waals surface area contributed by atoms with Crippen LogP contribution in [0.4, 0.5) is 17.1 Å². The summed E-state index contributed by atoms with van der Waals surface area (Å²) in [5.74, 6) is -0.354. The van der Waals surface area contributed by atoms with E-state index in [4.69, 9.17) is 0 Å². The van der Waals surface area contributed by atoms with Crippen molar-refractivity contribution in [3.8, 4) is 0 Å². The summed E-state index contributed by atoms with van der Waals surface area (Å²) in [5, 5.41) is 57.5. The third kappa shape index (κ3) is 3.54. The zero-order valence-electron chi connectivity index (χ0n) is 14.8. The monoisotopic (exact) mass is 436 g/mol. The number of benzene rings is 1. The van der Waals surface area contributed by atoms with Crippen LogP contribution in [0.25, 0.3) is 0 Å². The molecule has 1 atom stereocenters. The lowest BCUT2D eigenvalue weighted by Gasteiger charge is -2.28. The summed E-state index contributed by atoms with van der Waals surface area (Å²) >= 11 is 0. The number of aliphatic imine (C=N–C) groups is 1. The minimum Gasteiger partial charge on any atom is -0.285 e. The molecule has 0 radical (unpaired) electrons. The third-order valence-electron chi connectivity index (χ3n) is 4.38. The molecule has 0 saturated carbocycles. The number of nitrogens with one attached hydrogen (secondary N) is 1. The van der Waals surface area contributed by atoms with Gasteiger partial charge in [-0.05, 0) is 0 Å². The summed E-state index contributed by atoms with van der Waals surface area (Å²) in [6.07, 6.45) is 0.813. The first-order valence-corrected chi connectivity index (χ1v) is 7.95. The molecular weight excluding hydrogens is 428 g/mol. The highest BCUT2D eigenvalue weighted by Crippen LogP contribution is 2.38. The van der Waals surface area contributed by atoms with Crippen LogP contribution < -0.4 is 5.43 Å². The molecule has 2 aliphatic heterocycles. The normalized spacial score (nSPS) is 17.0. The minimum atomic E-state index is -1.50. The van der Waals surface area contributed by atoms with Gasteiger partial charge in [-0.25, -0.2) is 10.0 Å². The topological polar surface area (TPSA) is 243 Å². The van der Waals surface area contributed by atoms with Crippen LogP contribution in [0.15, 0.2) is 40.4 Å². The largest absolute Gasteiger partial charge is 0.319 e. The molecule has 0 saturated heterocycles. The highest BCUT2D eigenvalue weighted by atomic mass is 16.6. The average molecular weight is 436 g/mol. The fourth-order valence-electron chi connectivity index (χ4n) is 3.10. The molecular formula is C13H8N8O10. The van der Waals surface area contributed by atoms with E-state index in [2.05, 4.69) is 10.4 Å². The summed E-state index contributed by atoms with van der Waals surface area (Å²) in [6, 6.07) is -0.517. The van der Waals surface area contributed by atoms with E-state index in [0.717, 1.165) is 11.3 Å². The molecule has 18 nitrogen and oxygen atoms in total. The second-order valence-corrected chi connectivity index (χ2v) is 6.00. The van der Waals surface area contributed by atoms with Gasteiger partial charge in [-0.1, -0.05) is 0 Å². The van der Waals surface area contributed by atoms with E-state index in [-0.39, 0.29) is 5.82 Å². The van der Waals surface area contributed by atoms with Crippen LogP contribution in [0.3, 0.4) is 0 Å². The lowest BCUT2D eigenvalue weighted by molar-refractivity contribution is -0.445. The van der Waals surface area contributed by atoms with Gasteiger partial charge in [0.15, 0.2) is 0 Å². The number of nitrogens with zero attached hydrogens (tertiary/aromatic N) is 7. The van der Waals surface area contributed by atoms with E-state index in [9.17, 15) is 50.6 Å². The molecule has 18 heteroatoms. The van der Waals surface area contributed by atoms with Crippen molar-refractivity contribution in [2.75, 3.05) is 0 Å². The molecule has 31 heavy (non-hydrogen) atoms. The first-order chi connectivity index (χ1) is 14.5. The highest BCUT2D eigenvalue weighted by molar-refractivity contribution is 5.63. The molecule has 160 valence electrons. The Morgan fingerprint density at radius 2 is 1.45 bits per heavy atom. The minimum absolute atomic E-state index is 0.354. The maximum absolute atomic E-state index is 11.5. The summed E-state index contributed by atoms with van der Waals surface area (Å²) < 4.78 is 0. The van der Waals surface area contributed by atoms with Gasteiger partial charge in [0.25, 0.3) is 22.8 Å². The van der Waals surface area contributed by atoms with Crippen molar-refractivity contribution in [2.45, 2.75) is 12.5 Å². The summed E-state index contributed by atoms with van der Waals surface area (Å²) in [7, 11) is 0.